The maximum absolute atomic E-state index is 5.30. The summed E-state index contributed by atoms with van der Waals surface area (Å²) in [5.41, 5.74) is 5.55. The average molecular weight is 242 g/mol. The number of methoxy groups -OCH3 is 1. The summed E-state index contributed by atoms with van der Waals surface area (Å²) in [6.07, 6.45) is 1.91. The Morgan fingerprint density at radius 3 is 2.39 bits per heavy atom. The number of nitrogens with zero attached hydrogens (tertiary/aromatic N) is 2. The first kappa shape index (κ1) is 12.7. The van der Waals surface area contributed by atoms with Crippen molar-refractivity contribution in [1.29, 1.82) is 0 Å². The van der Waals surface area contributed by atoms with Gasteiger partial charge in [-0.3, -0.25) is 0 Å². The molecule has 1 unspecified atom stereocenters. The molecule has 0 N–H and O–H groups in total. The van der Waals surface area contributed by atoms with Crippen LogP contribution in [0, 0.1) is 13.8 Å². The van der Waals surface area contributed by atoms with E-state index in [4.69, 9.17) is 4.74 Å². The Morgan fingerprint density at radius 1 is 1.11 bits per heavy atom. The predicted molar refractivity (Wildman–Crippen MR) is 72.4 cm³/mol. The molecule has 0 aliphatic heterocycles. The quantitative estimate of drug-likeness (QED) is 0.826. The van der Waals surface area contributed by atoms with Crippen LogP contribution in [0.15, 0.2) is 30.5 Å². The van der Waals surface area contributed by atoms with Crippen molar-refractivity contribution in [3.05, 3.63) is 47.2 Å². The molecule has 0 aliphatic carbocycles. The second-order valence-electron chi connectivity index (χ2n) is 4.50. The molecular formula is C15H18N2O. The van der Waals surface area contributed by atoms with Gasteiger partial charge in [0, 0.05) is 12.7 Å². The average Bonchev–Trinajstić information content (AvgIpc) is 2.41. The van der Waals surface area contributed by atoms with E-state index in [9.17, 15) is 0 Å². The molecule has 2 aromatic rings. The van der Waals surface area contributed by atoms with E-state index >= 15 is 0 Å². The summed E-state index contributed by atoms with van der Waals surface area (Å²) < 4.78 is 5.30. The SMILES string of the molecule is COC(C)c1ccc(-c2nncc(C)c2C)cc1. The first-order valence-corrected chi connectivity index (χ1v) is 6.05. The van der Waals surface area contributed by atoms with Crippen LogP contribution in [0.25, 0.3) is 11.3 Å². The Labute approximate surface area is 108 Å². The summed E-state index contributed by atoms with van der Waals surface area (Å²) in [7, 11) is 1.72. The lowest BCUT2D eigenvalue weighted by atomic mass is 10.0. The standard InChI is InChI=1S/C15H18N2O/c1-10-9-16-17-15(11(10)2)14-7-5-13(6-8-14)12(3)18-4/h5-9,12H,1-4H3. The summed E-state index contributed by atoms with van der Waals surface area (Å²) >= 11 is 0. The molecule has 0 saturated heterocycles. The fraction of sp³-hybridized carbons (Fsp3) is 0.333. The topological polar surface area (TPSA) is 35.0 Å². The summed E-state index contributed by atoms with van der Waals surface area (Å²) in [5.74, 6) is 0. The highest BCUT2D eigenvalue weighted by Crippen LogP contribution is 2.24. The first-order chi connectivity index (χ1) is 8.63. The Kier molecular flexibility index (Phi) is 3.72. The first-order valence-electron chi connectivity index (χ1n) is 6.05. The molecule has 0 aliphatic rings. The van der Waals surface area contributed by atoms with Gasteiger partial charge in [-0.25, -0.2) is 0 Å². The van der Waals surface area contributed by atoms with Crippen molar-refractivity contribution in [1.82, 2.24) is 10.2 Å². The second kappa shape index (κ2) is 5.27. The highest BCUT2D eigenvalue weighted by atomic mass is 16.5. The lowest BCUT2D eigenvalue weighted by Gasteiger charge is -2.11. The Bertz CT molecular complexity index is 535. The molecule has 1 heterocycles. The van der Waals surface area contributed by atoms with E-state index in [1.807, 2.05) is 6.92 Å². The minimum Gasteiger partial charge on any atom is -0.377 e. The van der Waals surface area contributed by atoms with Crippen molar-refractivity contribution < 1.29 is 4.74 Å². The molecule has 18 heavy (non-hydrogen) atoms. The number of benzene rings is 1. The maximum atomic E-state index is 5.30. The van der Waals surface area contributed by atoms with Gasteiger partial charge in [0.05, 0.1) is 18.0 Å². The van der Waals surface area contributed by atoms with E-state index < -0.39 is 0 Å². The number of ether oxygens (including phenoxy) is 1. The zero-order chi connectivity index (χ0) is 13.1. The fourth-order valence-corrected chi connectivity index (χ4v) is 1.85. The van der Waals surface area contributed by atoms with Crippen LogP contribution in [0.4, 0.5) is 0 Å². The van der Waals surface area contributed by atoms with Crippen molar-refractivity contribution in [3.63, 3.8) is 0 Å². The van der Waals surface area contributed by atoms with E-state index in [1.165, 1.54) is 11.1 Å². The van der Waals surface area contributed by atoms with Gasteiger partial charge in [0.1, 0.15) is 0 Å². The normalized spacial score (nSPS) is 12.4. The molecule has 3 heteroatoms. The van der Waals surface area contributed by atoms with Gasteiger partial charge in [0.15, 0.2) is 0 Å². The third-order valence-electron chi connectivity index (χ3n) is 3.36. The van der Waals surface area contributed by atoms with Gasteiger partial charge < -0.3 is 4.74 Å². The smallest absolute Gasteiger partial charge is 0.0961 e. The Hall–Kier alpha value is -1.74. The van der Waals surface area contributed by atoms with E-state index in [-0.39, 0.29) is 6.10 Å². The summed E-state index contributed by atoms with van der Waals surface area (Å²) in [4.78, 5) is 0. The molecule has 3 nitrogen and oxygen atoms in total. The van der Waals surface area contributed by atoms with Crippen molar-refractivity contribution in [2.24, 2.45) is 0 Å². The lowest BCUT2D eigenvalue weighted by molar-refractivity contribution is 0.119. The number of aryl methyl sites for hydroxylation is 1. The van der Waals surface area contributed by atoms with Crippen LogP contribution in [0.5, 0.6) is 0 Å². The molecule has 1 atom stereocenters. The fourth-order valence-electron chi connectivity index (χ4n) is 1.85. The molecule has 0 spiro atoms. The van der Waals surface area contributed by atoms with Gasteiger partial charge in [-0.05, 0) is 37.5 Å². The minimum atomic E-state index is 0.115. The number of rotatable bonds is 3. The summed E-state index contributed by atoms with van der Waals surface area (Å²) in [6.45, 7) is 6.16. The van der Waals surface area contributed by atoms with Gasteiger partial charge in [0.25, 0.3) is 0 Å². The van der Waals surface area contributed by atoms with E-state index in [0.29, 0.717) is 0 Å². The van der Waals surface area contributed by atoms with Crippen molar-refractivity contribution in [2.45, 2.75) is 26.9 Å². The third-order valence-corrected chi connectivity index (χ3v) is 3.36. The zero-order valence-electron chi connectivity index (χ0n) is 11.3. The summed E-state index contributed by atoms with van der Waals surface area (Å²) in [5, 5.41) is 8.24. The monoisotopic (exact) mass is 242 g/mol. The van der Waals surface area contributed by atoms with Crippen LogP contribution < -0.4 is 0 Å². The van der Waals surface area contributed by atoms with E-state index in [1.54, 1.807) is 13.3 Å². The largest absolute Gasteiger partial charge is 0.377 e. The summed E-state index contributed by atoms with van der Waals surface area (Å²) in [6, 6.07) is 8.29. The molecule has 1 aromatic carbocycles. The van der Waals surface area contributed by atoms with Gasteiger partial charge >= 0.3 is 0 Å². The molecule has 2 rings (SSSR count). The molecular weight excluding hydrogens is 224 g/mol. The van der Waals surface area contributed by atoms with Crippen LogP contribution in [0.3, 0.4) is 0 Å². The van der Waals surface area contributed by atoms with Gasteiger partial charge in [-0.2, -0.15) is 10.2 Å². The Balaban J connectivity index is 2.37. The molecule has 1 aromatic heterocycles. The lowest BCUT2D eigenvalue weighted by Crippen LogP contribution is -1.97. The van der Waals surface area contributed by atoms with Gasteiger partial charge in [-0.15, -0.1) is 0 Å². The molecule has 0 radical (unpaired) electrons. The number of hydrogen-bond acceptors (Lipinski definition) is 3. The van der Waals surface area contributed by atoms with Crippen LogP contribution in [0.2, 0.25) is 0 Å². The molecule has 0 fully saturated rings. The highest BCUT2D eigenvalue weighted by molar-refractivity contribution is 5.63. The van der Waals surface area contributed by atoms with Gasteiger partial charge in [-0.1, -0.05) is 24.3 Å². The third kappa shape index (κ3) is 2.41. The van der Waals surface area contributed by atoms with Gasteiger partial charge in [0.2, 0.25) is 0 Å². The van der Waals surface area contributed by atoms with Crippen molar-refractivity contribution in [3.8, 4) is 11.3 Å². The number of hydrogen-bond donors (Lipinski definition) is 0. The van der Waals surface area contributed by atoms with Crippen molar-refractivity contribution >= 4 is 0 Å². The molecule has 0 bridgehead atoms. The Morgan fingerprint density at radius 2 is 1.78 bits per heavy atom. The maximum Gasteiger partial charge on any atom is 0.0961 e. The number of aromatic nitrogens is 2. The van der Waals surface area contributed by atoms with E-state index in [0.717, 1.165) is 16.8 Å². The predicted octanol–water partition coefficient (Wildman–Crippen LogP) is 3.47. The minimum absolute atomic E-state index is 0.115. The van der Waals surface area contributed by atoms with Crippen LogP contribution in [0.1, 0.15) is 29.7 Å². The van der Waals surface area contributed by atoms with E-state index in [2.05, 4.69) is 48.3 Å². The van der Waals surface area contributed by atoms with Crippen LogP contribution >= 0.6 is 0 Å². The second-order valence-corrected chi connectivity index (χ2v) is 4.50. The zero-order valence-corrected chi connectivity index (χ0v) is 11.3. The van der Waals surface area contributed by atoms with Crippen LogP contribution in [-0.4, -0.2) is 17.3 Å². The van der Waals surface area contributed by atoms with Crippen molar-refractivity contribution in [2.75, 3.05) is 7.11 Å². The molecule has 0 amide bonds. The molecule has 94 valence electrons. The van der Waals surface area contributed by atoms with Crippen LogP contribution in [-0.2, 0) is 4.74 Å². The highest BCUT2D eigenvalue weighted by Gasteiger charge is 2.08. The molecule has 0 saturated carbocycles.